The quantitative estimate of drug-likeness (QED) is 0.763. The fourth-order valence-corrected chi connectivity index (χ4v) is 3.25. The summed E-state index contributed by atoms with van der Waals surface area (Å²) in [5, 5.41) is 3.25. The Morgan fingerprint density at radius 3 is 2.35 bits per heavy atom. The lowest BCUT2D eigenvalue weighted by Crippen LogP contribution is -2.46. The standard InChI is InChI=1S/C15H27N3O2/c1-3-15(4-2)6-10-18(12-15)14(20)13(19)17-9-5-7-16-8-11-17/h16H,3-12H2,1-2H3. The van der Waals surface area contributed by atoms with Gasteiger partial charge in [0.05, 0.1) is 0 Å². The molecule has 0 radical (unpaired) electrons. The summed E-state index contributed by atoms with van der Waals surface area (Å²) < 4.78 is 0. The van der Waals surface area contributed by atoms with E-state index in [9.17, 15) is 9.59 Å². The Balaban J connectivity index is 1.95. The normalized spacial score (nSPS) is 22.7. The molecule has 0 aromatic rings. The highest BCUT2D eigenvalue weighted by Crippen LogP contribution is 2.36. The second-order valence-electron chi connectivity index (χ2n) is 6.08. The number of amides is 2. The van der Waals surface area contributed by atoms with E-state index >= 15 is 0 Å². The molecule has 0 bridgehead atoms. The molecule has 2 aliphatic heterocycles. The topological polar surface area (TPSA) is 52.7 Å². The van der Waals surface area contributed by atoms with Crippen molar-refractivity contribution in [1.29, 1.82) is 0 Å². The van der Waals surface area contributed by atoms with E-state index in [2.05, 4.69) is 19.2 Å². The van der Waals surface area contributed by atoms with Gasteiger partial charge in [0.1, 0.15) is 0 Å². The molecule has 0 aromatic carbocycles. The highest BCUT2D eigenvalue weighted by molar-refractivity contribution is 6.35. The van der Waals surface area contributed by atoms with Gasteiger partial charge in [-0.05, 0) is 37.6 Å². The lowest BCUT2D eigenvalue weighted by atomic mass is 9.82. The molecule has 1 N–H and O–H groups in total. The van der Waals surface area contributed by atoms with Gasteiger partial charge in [-0.25, -0.2) is 0 Å². The molecule has 0 aromatic heterocycles. The first kappa shape index (κ1) is 15.3. The molecule has 20 heavy (non-hydrogen) atoms. The predicted molar refractivity (Wildman–Crippen MR) is 78.3 cm³/mol. The molecule has 5 heteroatoms. The Morgan fingerprint density at radius 2 is 1.70 bits per heavy atom. The van der Waals surface area contributed by atoms with Gasteiger partial charge in [0.25, 0.3) is 0 Å². The lowest BCUT2D eigenvalue weighted by Gasteiger charge is -2.27. The zero-order chi connectivity index (χ0) is 14.6. The second kappa shape index (κ2) is 6.57. The summed E-state index contributed by atoms with van der Waals surface area (Å²) in [5.74, 6) is -0.604. The molecule has 2 amide bonds. The van der Waals surface area contributed by atoms with Crippen LogP contribution in [0.4, 0.5) is 0 Å². The maximum Gasteiger partial charge on any atom is 0.312 e. The molecule has 2 rings (SSSR count). The molecule has 0 atom stereocenters. The van der Waals surface area contributed by atoms with E-state index in [4.69, 9.17) is 0 Å². The summed E-state index contributed by atoms with van der Waals surface area (Å²) in [5.41, 5.74) is 0.232. The van der Waals surface area contributed by atoms with Crippen LogP contribution in [0.5, 0.6) is 0 Å². The van der Waals surface area contributed by atoms with E-state index in [-0.39, 0.29) is 17.2 Å². The molecule has 0 saturated carbocycles. The molecule has 0 aliphatic carbocycles. The molecule has 2 saturated heterocycles. The Labute approximate surface area is 121 Å². The molecular weight excluding hydrogens is 254 g/mol. The Morgan fingerprint density at radius 1 is 1.00 bits per heavy atom. The smallest absolute Gasteiger partial charge is 0.312 e. The number of rotatable bonds is 2. The third kappa shape index (κ3) is 3.14. The van der Waals surface area contributed by atoms with Gasteiger partial charge in [0.15, 0.2) is 0 Å². The number of hydrogen-bond donors (Lipinski definition) is 1. The van der Waals surface area contributed by atoms with Crippen LogP contribution in [0.3, 0.4) is 0 Å². The Hall–Kier alpha value is -1.10. The number of nitrogens with one attached hydrogen (secondary N) is 1. The fraction of sp³-hybridized carbons (Fsp3) is 0.867. The summed E-state index contributed by atoms with van der Waals surface area (Å²) >= 11 is 0. The van der Waals surface area contributed by atoms with E-state index < -0.39 is 0 Å². The third-order valence-corrected chi connectivity index (χ3v) is 5.04. The van der Waals surface area contributed by atoms with Crippen molar-refractivity contribution in [3.8, 4) is 0 Å². The average molecular weight is 281 g/mol. The van der Waals surface area contributed by atoms with Gasteiger partial charge in [-0.3, -0.25) is 9.59 Å². The van der Waals surface area contributed by atoms with E-state index in [1.165, 1.54) is 0 Å². The molecule has 0 unspecified atom stereocenters. The monoisotopic (exact) mass is 281 g/mol. The molecule has 0 spiro atoms. The van der Waals surface area contributed by atoms with Crippen LogP contribution in [0.25, 0.3) is 0 Å². The van der Waals surface area contributed by atoms with Crippen molar-refractivity contribution in [2.24, 2.45) is 5.41 Å². The Bertz CT molecular complexity index is 358. The summed E-state index contributed by atoms with van der Waals surface area (Å²) in [4.78, 5) is 28.2. The maximum atomic E-state index is 12.4. The van der Waals surface area contributed by atoms with E-state index in [0.717, 1.165) is 51.9 Å². The van der Waals surface area contributed by atoms with E-state index in [0.29, 0.717) is 13.1 Å². The van der Waals surface area contributed by atoms with Crippen molar-refractivity contribution in [2.45, 2.75) is 39.5 Å². The van der Waals surface area contributed by atoms with Crippen LogP contribution < -0.4 is 5.32 Å². The van der Waals surface area contributed by atoms with Crippen LogP contribution in [0.2, 0.25) is 0 Å². The van der Waals surface area contributed by atoms with Gasteiger partial charge in [-0.2, -0.15) is 0 Å². The lowest BCUT2D eigenvalue weighted by molar-refractivity contribution is -0.151. The largest absolute Gasteiger partial charge is 0.334 e. The van der Waals surface area contributed by atoms with Crippen molar-refractivity contribution in [3.63, 3.8) is 0 Å². The van der Waals surface area contributed by atoms with Gasteiger partial charge < -0.3 is 15.1 Å². The van der Waals surface area contributed by atoms with Gasteiger partial charge in [-0.1, -0.05) is 13.8 Å². The first-order valence-corrected chi connectivity index (χ1v) is 7.91. The van der Waals surface area contributed by atoms with Crippen molar-refractivity contribution in [1.82, 2.24) is 15.1 Å². The van der Waals surface area contributed by atoms with Crippen molar-refractivity contribution >= 4 is 11.8 Å². The fourth-order valence-electron chi connectivity index (χ4n) is 3.25. The van der Waals surface area contributed by atoms with Crippen LogP contribution in [0, 0.1) is 5.41 Å². The summed E-state index contributed by atoms with van der Waals surface area (Å²) in [6.07, 6.45) is 4.11. The molecule has 2 heterocycles. The second-order valence-corrected chi connectivity index (χ2v) is 6.08. The Kier molecular flexibility index (Phi) is 5.02. The predicted octanol–water partition coefficient (Wildman–Crippen LogP) is 0.847. The zero-order valence-corrected chi connectivity index (χ0v) is 12.8. The molecule has 5 nitrogen and oxygen atoms in total. The summed E-state index contributed by atoms with van der Waals surface area (Å²) in [6, 6.07) is 0. The SMILES string of the molecule is CCC1(CC)CCN(C(=O)C(=O)N2CCCNCC2)C1. The van der Waals surface area contributed by atoms with Crippen molar-refractivity contribution < 1.29 is 9.59 Å². The minimum absolute atomic E-state index is 0.232. The summed E-state index contributed by atoms with van der Waals surface area (Å²) in [6.45, 7) is 8.89. The number of likely N-dealkylation sites (tertiary alicyclic amines) is 1. The first-order chi connectivity index (χ1) is 9.62. The maximum absolute atomic E-state index is 12.4. The van der Waals surface area contributed by atoms with E-state index in [1.54, 1.807) is 9.80 Å². The van der Waals surface area contributed by atoms with Crippen LogP contribution in [0.15, 0.2) is 0 Å². The van der Waals surface area contributed by atoms with Crippen LogP contribution in [-0.4, -0.2) is 60.9 Å². The van der Waals surface area contributed by atoms with Crippen LogP contribution in [-0.2, 0) is 9.59 Å². The number of nitrogens with zero attached hydrogens (tertiary/aromatic N) is 2. The van der Waals surface area contributed by atoms with Crippen LogP contribution in [0.1, 0.15) is 39.5 Å². The molecule has 2 fully saturated rings. The number of carbonyl (C=O) groups excluding carboxylic acids is 2. The van der Waals surface area contributed by atoms with Crippen molar-refractivity contribution in [3.05, 3.63) is 0 Å². The average Bonchev–Trinajstić information content (AvgIpc) is 2.73. The minimum atomic E-state index is -0.309. The van der Waals surface area contributed by atoms with Crippen LogP contribution >= 0.6 is 0 Å². The van der Waals surface area contributed by atoms with Crippen molar-refractivity contribution in [2.75, 3.05) is 39.3 Å². The highest BCUT2D eigenvalue weighted by atomic mass is 16.2. The van der Waals surface area contributed by atoms with Gasteiger partial charge in [0, 0.05) is 32.7 Å². The van der Waals surface area contributed by atoms with Gasteiger partial charge >= 0.3 is 11.8 Å². The number of hydrogen-bond acceptors (Lipinski definition) is 3. The molecule has 2 aliphatic rings. The molecular formula is C15H27N3O2. The number of carbonyl (C=O) groups is 2. The highest BCUT2D eigenvalue weighted by Gasteiger charge is 2.39. The molecule has 114 valence electrons. The zero-order valence-electron chi connectivity index (χ0n) is 12.8. The first-order valence-electron chi connectivity index (χ1n) is 7.91. The minimum Gasteiger partial charge on any atom is -0.334 e. The summed E-state index contributed by atoms with van der Waals surface area (Å²) in [7, 11) is 0. The third-order valence-electron chi connectivity index (χ3n) is 5.04. The van der Waals surface area contributed by atoms with E-state index in [1.807, 2.05) is 0 Å². The van der Waals surface area contributed by atoms with Gasteiger partial charge in [-0.15, -0.1) is 0 Å². The van der Waals surface area contributed by atoms with Gasteiger partial charge in [0.2, 0.25) is 0 Å².